The van der Waals surface area contributed by atoms with E-state index in [1.165, 1.54) is 14.2 Å². The van der Waals surface area contributed by atoms with Crippen LogP contribution in [0.2, 0.25) is 10.0 Å². The van der Waals surface area contributed by atoms with Crippen molar-refractivity contribution in [3.05, 3.63) is 32.0 Å². The number of carboxylic acids is 1. The van der Waals surface area contributed by atoms with Crippen LogP contribution in [0.5, 0.6) is 0 Å². The van der Waals surface area contributed by atoms with Crippen LogP contribution in [0.15, 0.2) is 0 Å². The lowest BCUT2D eigenvalue weighted by molar-refractivity contribution is 0.0539. The number of nitrogens with zero attached hydrogens (tertiary/aromatic N) is 2. The number of carbonyl (C=O) groups is 3. The number of rotatable bonds is 6. The summed E-state index contributed by atoms with van der Waals surface area (Å²) in [7, 11) is 2.95. The Kier molecular flexibility index (Phi) is 7.10. The average molecular weight is 490 g/mol. The van der Waals surface area contributed by atoms with Crippen LogP contribution in [-0.2, 0) is 4.74 Å². The van der Waals surface area contributed by atoms with E-state index in [1.54, 1.807) is 6.92 Å². The molecule has 0 radical (unpaired) electrons. The second-order valence-electron chi connectivity index (χ2n) is 6.90. The summed E-state index contributed by atoms with van der Waals surface area (Å²) in [6, 6.07) is -0.315. The highest BCUT2D eigenvalue weighted by atomic mass is 35.5. The molecule has 168 valence electrons. The van der Waals surface area contributed by atoms with Crippen molar-refractivity contribution in [2.24, 2.45) is 0 Å². The number of carbonyl (C=O) groups excluding carboxylic acids is 2. The summed E-state index contributed by atoms with van der Waals surface area (Å²) in [5, 5.41) is 15.6. The van der Waals surface area contributed by atoms with Gasteiger partial charge in [0.1, 0.15) is 10.6 Å². The molecule has 4 N–H and O–H groups in total. The van der Waals surface area contributed by atoms with Gasteiger partial charge in [0.05, 0.1) is 22.2 Å². The first-order valence-corrected chi connectivity index (χ1v) is 10.8. The first kappa shape index (κ1) is 23.3. The van der Waals surface area contributed by atoms with E-state index >= 15 is 0 Å². The number of hydrogen-bond donors (Lipinski definition) is 4. The summed E-state index contributed by atoms with van der Waals surface area (Å²) >= 11 is 13.2. The predicted octanol–water partition coefficient (Wildman–Crippen LogP) is 2.17. The Labute approximate surface area is 191 Å². The number of H-pyrrole nitrogens is 1. The molecule has 1 fully saturated rings. The third-order valence-electron chi connectivity index (χ3n) is 4.98. The minimum absolute atomic E-state index is 0.0306. The van der Waals surface area contributed by atoms with Crippen molar-refractivity contribution in [1.29, 1.82) is 0 Å². The number of anilines is 1. The number of carboxylic acid groups (broad SMARTS) is 1. The molecule has 1 aliphatic rings. The molecular formula is C18H21Cl2N5O5S. The molecule has 0 bridgehead atoms. The second-order valence-corrected chi connectivity index (χ2v) is 8.63. The zero-order valence-electron chi connectivity index (χ0n) is 16.9. The molecule has 0 aromatic carbocycles. The number of methoxy groups -OCH3 is 1. The van der Waals surface area contributed by atoms with Crippen LogP contribution in [0.25, 0.3) is 0 Å². The van der Waals surface area contributed by atoms with E-state index < -0.39 is 23.9 Å². The molecule has 2 aromatic rings. The van der Waals surface area contributed by atoms with E-state index in [1.807, 2.05) is 4.90 Å². The van der Waals surface area contributed by atoms with Crippen LogP contribution in [0.1, 0.15) is 42.8 Å². The van der Waals surface area contributed by atoms with Crippen molar-refractivity contribution in [3.63, 3.8) is 0 Å². The fourth-order valence-corrected chi connectivity index (χ4v) is 4.77. The second kappa shape index (κ2) is 9.43. The highest BCUT2D eigenvalue weighted by molar-refractivity contribution is 7.17. The van der Waals surface area contributed by atoms with Crippen molar-refractivity contribution < 1.29 is 24.2 Å². The fraction of sp³-hybridized carbons (Fsp3) is 0.444. The standard InChI is InChI=1S/C18H21Cl2N5O5S/c1-7-10(19)11(20)12(22-7)15(26)23-8-4-5-25(6-9(8)30-3)18-24-13(17(28)29)14(31-18)16(27)21-2/h8-9,22H,4-6H2,1-3H3,(H,21,27)(H,23,26)(H,28,29)/t8-,9+/m1/s1. The number of piperidine rings is 1. The smallest absolute Gasteiger partial charge is 0.356 e. The molecule has 1 saturated heterocycles. The van der Waals surface area contributed by atoms with Crippen molar-refractivity contribution >= 4 is 57.5 Å². The number of amides is 2. The molecule has 2 amide bonds. The normalized spacial score (nSPS) is 18.7. The maximum absolute atomic E-state index is 12.7. The lowest BCUT2D eigenvalue weighted by atomic mass is 10.0. The number of thiazole rings is 1. The van der Waals surface area contributed by atoms with E-state index in [2.05, 4.69) is 20.6 Å². The van der Waals surface area contributed by atoms with Crippen molar-refractivity contribution in [3.8, 4) is 0 Å². The average Bonchev–Trinajstić information content (AvgIpc) is 3.31. The van der Waals surface area contributed by atoms with Crippen LogP contribution in [0.3, 0.4) is 0 Å². The molecule has 3 rings (SSSR count). The minimum atomic E-state index is -1.27. The van der Waals surface area contributed by atoms with Gasteiger partial charge in [-0.25, -0.2) is 9.78 Å². The third-order valence-corrected chi connectivity index (χ3v) is 7.04. The maximum Gasteiger partial charge on any atom is 0.356 e. The summed E-state index contributed by atoms with van der Waals surface area (Å²) in [6.07, 6.45) is 0.107. The summed E-state index contributed by atoms with van der Waals surface area (Å²) in [5.74, 6) is -2.18. The Morgan fingerprint density at radius 1 is 1.29 bits per heavy atom. The van der Waals surface area contributed by atoms with Crippen LogP contribution in [-0.4, -0.2) is 72.3 Å². The molecule has 1 aliphatic heterocycles. The van der Waals surface area contributed by atoms with Crippen molar-refractivity contribution in [1.82, 2.24) is 20.6 Å². The van der Waals surface area contributed by atoms with Gasteiger partial charge in [0.25, 0.3) is 11.8 Å². The lowest BCUT2D eigenvalue weighted by Gasteiger charge is -2.37. The van der Waals surface area contributed by atoms with Gasteiger partial charge < -0.3 is 30.4 Å². The molecule has 3 heterocycles. The summed E-state index contributed by atoms with van der Waals surface area (Å²) < 4.78 is 5.56. The van der Waals surface area contributed by atoms with E-state index in [0.717, 1.165) is 11.3 Å². The summed E-state index contributed by atoms with van der Waals surface area (Å²) in [6.45, 7) is 2.54. The van der Waals surface area contributed by atoms with Crippen LogP contribution >= 0.6 is 34.5 Å². The number of nitrogens with one attached hydrogen (secondary N) is 3. The van der Waals surface area contributed by atoms with E-state index in [-0.39, 0.29) is 27.3 Å². The first-order chi connectivity index (χ1) is 14.7. The number of aromatic carboxylic acids is 1. The summed E-state index contributed by atoms with van der Waals surface area (Å²) in [5.41, 5.74) is 0.486. The third kappa shape index (κ3) is 4.64. The van der Waals surface area contributed by atoms with Gasteiger partial charge in [0.15, 0.2) is 10.8 Å². The molecule has 0 saturated carbocycles. The SMILES string of the molecule is CNC(=O)c1sc(N2CC[C@@H](NC(=O)c3[nH]c(C)c(Cl)c3Cl)[C@@H](OC)C2)nc1C(=O)O. The monoisotopic (exact) mass is 489 g/mol. The highest BCUT2D eigenvalue weighted by Gasteiger charge is 2.34. The summed E-state index contributed by atoms with van der Waals surface area (Å²) in [4.78, 5) is 45.0. The van der Waals surface area contributed by atoms with Gasteiger partial charge >= 0.3 is 5.97 Å². The Balaban J connectivity index is 1.75. The number of hydrogen-bond acceptors (Lipinski definition) is 7. The first-order valence-electron chi connectivity index (χ1n) is 9.26. The molecule has 2 atom stereocenters. The Morgan fingerprint density at radius 3 is 2.55 bits per heavy atom. The Hall–Kier alpha value is -2.34. The molecule has 0 spiro atoms. The Morgan fingerprint density at radius 2 is 2.00 bits per heavy atom. The van der Waals surface area contributed by atoms with Gasteiger partial charge in [-0.15, -0.1) is 0 Å². The molecule has 31 heavy (non-hydrogen) atoms. The van der Waals surface area contributed by atoms with Crippen LogP contribution < -0.4 is 15.5 Å². The van der Waals surface area contributed by atoms with Gasteiger partial charge in [-0.05, 0) is 13.3 Å². The van der Waals surface area contributed by atoms with Gasteiger partial charge in [-0.3, -0.25) is 9.59 Å². The predicted molar refractivity (Wildman–Crippen MR) is 117 cm³/mol. The minimum Gasteiger partial charge on any atom is -0.476 e. The molecular weight excluding hydrogens is 469 g/mol. The number of aromatic nitrogens is 2. The Bertz CT molecular complexity index is 1020. The molecule has 0 aliphatic carbocycles. The molecule has 10 nitrogen and oxygen atoms in total. The number of ether oxygens (including phenoxy) is 1. The van der Waals surface area contributed by atoms with Gasteiger partial charge in [-0.1, -0.05) is 34.5 Å². The highest BCUT2D eigenvalue weighted by Crippen LogP contribution is 2.31. The number of halogens is 2. The topological polar surface area (TPSA) is 137 Å². The molecule has 13 heteroatoms. The van der Waals surface area contributed by atoms with Gasteiger partial charge in [0, 0.05) is 32.9 Å². The molecule has 0 unspecified atom stereocenters. The maximum atomic E-state index is 12.7. The number of aromatic amines is 1. The van der Waals surface area contributed by atoms with Crippen LogP contribution in [0, 0.1) is 6.92 Å². The van der Waals surface area contributed by atoms with Crippen molar-refractivity contribution in [2.45, 2.75) is 25.5 Å². The van der Waals surface area contributed by atoms with Crippen molar-refractivity contribution in [2.75, 3.05) is 32.1 Å². The van der Waals surface area contributed by atoms with Gasteiger partial charge in [-0.2, -0.15) is 0 Å². The van der Waals surface area contributed by atoms with E-state index in [0.29, 0.717) is 35.4 Å². The largest absolute Gasteiger partial charge is 0.476 e. The quantitative estimate of drug-likeness (QED) is 0.487. The zero-order valence-corrected chi connectivity index (χ0v) is 19.2. The fourth-order valence-electron chi connectivity index (χ4n) is 3.32. The lowest BCUT2D eigenvalue weighted by Crippen LogP contribution is -2.55. The zero-order chi connectivity index (χ0) is 22.9. The van der Waals surface area contributed by atoms with E-state index in [4.69, 9.17) is 27.9 Å². The van der Waals surface area contributed by atoms with Crippen LogP contribution in [0.4, 0.5) is 5.13 Å². The molecule has 2 aromatic heterocycles. The van der Waals surface area contributed by atoms with E-state index in [9.17, 15) is 19.5 Å². The van der Waals surface area contributed by atoms with Gasteiger partial charge in [0.2, 0.25) is 0 Å². The number of aryl methyl sites for hydroxylation is 1.